The van der Waals surface area contributed by atoms with Crippen molar-refractivity contribution in [1.29, 1.82) is 0 Å². The van der Waals surface area contributed by atoms with E-state index in [0.29, 0.717) is 21.4 Å². The molecule has 1 aromatic carbocycles. The minimum absolute atomic E-state index is 0.00910. The molecular weight excluding hydrogens is 428 g/mol. The van der Waals surface area contributed by atoms with Gasteiger partial charge in [0, 0.05) is 12.1 Å². The van der Waals surface area contributed by atoms with Crippen molar-refractivity contribution in [1.82, 2.24) is 4.90 Å². The SMILES string of the molecule is CCOC(=O)COc1c(Cl)cc(/C=C2/SC(=NC(C)C)N(C(C)C)C2=O)cc1OC. The van der Waals surface area contributed by atoms with Crippen LogP contribution in [0.2, 0.25) is 5.02 Å². The van der Waals surface area contributed by atoms with E-state index in [4.69, 9.17) is 25.8 Å². The van der Waals surface area contributed by atoms with Gasteiger partial charge in [-0.05, 0) is 70.2 Å². The van der Waals surface area contributed by atoms with Gasteiger partial charge in [-0.2, -0.15) is 0 Å². The third kappa shape index (κ3) is 5.92. The maximum Gasteiger partial charge on any atom is 0.344 e. The number of ether oxygens (including phenoxy) is 3. The smallest absolute Gasteiger partial charge is 0.344 e. The summed E-state index contributed by atoms with van der Waals surface area (Å²) in [5, 5.41) is 0.946. The number of thioether (sulfide) groups is 1. The monoisotopic (exact) mass is 454 g/mol. The first-order chi connectivity index (χ1) is 14.2. The Labute approximate surface area is 186 Å². The van der Waals surface area contributed by atoms with Gasteiger partial charge in [-0.25, -0.2) is 4.79 Å². The van der Waals surface area contributed by atoms with Crippen LogP contribution in [0.1, 0.15) is 40.2 Å². The third-order valence-electron chi connectivity index (χ3n) is 3.91. The molecule has 1 heterocycles. The van der Waals surface area contributed by atoms with Gasteiger partial charge in [0.1, 0.15) is 0 Å². The maximum atomic E-state index is 12.9. The first kappa shape index (κ1) is 24.1. The first-order valence-electron chi connectivity index (χ1n) is 9.64. The van der Waals surface area contributed by atoms with Crippen molar-refractivity contribution in [2.75, 3.05) is 20.3 Å². The van der Waals surface area contributed by atoms with Crippen molar-refractivity contribution in [3.05, 3.63) is 27.6 Å². The quantitative estimate of drug-likeness (QED) is 0.428. The van der Waals surface area contributed by atoms with Gasteiger partial charge in [-0.3, -0.25) is 14.7 Å². The molecule has 2 rings (SSSR count). The molecule has 0 unspecified atom stereocenters. The molecule has 0 spiro atoms. The van der Waals surface area contributed by atoms with Crippen molar-refractivity contribution >= 4 is 46.5 Å². The van der Waals surface area contributed by atoms with E-state index >= 15 is 0 Å². The molecule has 0 saturated carbocycles. The number of halogens is 1. The predicted molar refractivity (Wildman–Crippen MR) is 120 cm³/mol. The molecule has 1 aliphatic rings. The summed E-state index contributed by atoms with van der Waals surface area (Å²) in [5.41, 5.74) is 0.672. The van der Waals surface area contributed by atoms with Crippen LogP contribution in [0.3, 0.4) is 0 Å². The molecule has 0 atom stereocenters. The van der Waals surface area contributed by atoms with Crippen LogP contribution in [0.4, 0.5) is 0 Å². The average molecular weight is 455 g/mol. The van der Waals surface area contributed by atoms with E-state index in [9.17, 15) is 9.59 Å². The molecule has 0 N–H and O–H groups in total. The molecule has 0 aromatic heterocycles. The van der Waals surface area contributed by atoms with E-state index in [0.717, 1.165) is 0 Å². The van der Waals surface area contributed by atoms with E-state index < -0.39 is 5.97 Å². The van der Waals surface area contributed by atoms with Gasteiger partial charge in [-0.15, -0.1) is 0 Å². The van der Waals surface area contributed by atoms with Crippen LogP contribution in [0.15, 0.2) is 22.0 Å². The Morgan fingerprint density at radius 3 is 2.57 bits per heavy atom. The fourth-order valence-corrected chi connectivity index (χ4v) is 4.21. The molecule has 1 amide bonds. The number of amidine groups is 1. The Bertz CT molecular complexity index is 867. The van der Waals surface area contributed by atoms with Gasteiger partial charge in [-0.1, -0.05) is 11.6 Å². The molecule has 1 fully saturated rings. The number of benzene rings is 1. The predicted octanol–water partition coefficient (Wildman–Crippen LogP) is 4.38. The number of nitrogens with zero attached hydrogens (tertiary/aromatic N) is 2. The first-order valence-corrected chi connectivity index (χ1v) is 10.8. The van der Waals surface area contributed by atoms with E-state index in [1.54, 1.807) is 30.0 Å². The Kier molecular flexibility index (Phi) is 8.61. The summed E-state index contributed by atoms with van der Waals surface area (Å²) in [6.45, 7) is 9.54. The molecule has 1 saturated heterocycles. The molecule has 164 valence electrons. The second kappa shape index (κ2) is 10.7. The fraction of sp³-hybridized carbons (Fsp3) is 0.476. The zero-order valence-electron chi connectivity index (χ0n) is 18.0. The highest BCUT2D eigenvalue weighted by atomic mass is 35.5. The second-order valence-electron chi connectivity index (χ2n) is 7.01. The lowest BCUT2D eigenvalue weighted by Gasteiger charge is -2.20. The van der Waals surface area contributed by atoms with Gasteiger partial charge in [0.15, 0.2) is 23.3 Å². The van der Waals surface area contributed by atoms with Crippen molar-refractivity contribution in [2.24, 2.45) is 4.99 Å². The molecule has 1 aromatic rings. The number of hydrogen-bond acceptors (Lipinski definition) is 7. The fourth-order valence-electron chi connectivity index (χ4n) is 2.70. The second-order valence-corrected chi connectivity index (χ2v) is 8.43. The van der Waals surface area contributed by atoms with E-state index in [-0.39, 0.29) is 42.0 Å². The van der Waals surface area contributed by atoms with E-state index in [2.05, 4.69) is 4.99 Å². The summed E-state index contributed by atoms with van der Waals surface area (Å²) in [6.07, 6.45) is 1.74. The van der Waals surface area contributed by atoms with Crippen molar-refractivity contribution in [2.45, 2.75) is 46.7 Å². The highest BCUT2D eigenvalue weighted by Gasteiger charge is 2.35. The van der Waals surface area contributed by atoms with Crippen LogP contribution in [0, 0.1) is 0 Å². The normalized spacial score (nSPS) is 16.8. The van der Waals surface area contributed by atoms with E-state index in [1.807, 2.05) is 27.7 Å². The maximum absolute atomic E-state index is 12.9. The highest BCUT2D eigenvalue weighted by molar-refractivity contribution is 8.18. The number of esters is 1. The Balaban J connectivity index is 2.33. The van der Waals surface area contributed by atoms with Crippen molar-refractivity contribution in [3.63, 3.8) is 0 Å². The number of amides is 1. The number of hydrogen-bond donors (Lipinski definition) is 0. The molecule has 9 heteroatoms. The highest BCUT2D eigenvalue weighted by Crippen LogP contribution is 2.39. The lowest BCUT2D eigenvalue weighted by Crippen LogP contribution is -2.35. The van der Waals surface area contributed by atoms with Gasteiger partial charge in [0.25, 0.3) is 5.91 Å². The molecule has 7 nitrogen and oxygen atoms in total. The number of carbonyl (C=O) groups is 2. The van der Waals surface area contributed by atoms with Crippen LogP contribution in [0.25, 0.3) is 6.08 Å². The molecule has 0 aliphatic carbocycles. The van der Waals surface area contributed by atoms with Gasteiger partial charge < -0.3 is 14.2 Å². The summed E-state index contributed by atoms with van der Waals surface area (Å²) in [7, 11) is 1.48. The summed E-state index contributed by atoms with van der Waals surface area (Å²) in [5.74, 6) is -0.0100. The summed E-state index contributed by atoms with van der Waals surface area (Å²) < 4.78 is 15.7. The van der Waals surface area contributed by atoms with Crippen LogP contribution < -0.4 is 9.47 Å². The standard InChI is InChI=1S/C21H27ClN2O5S/c1-7-28-18(25)11-29-19-15(22)8-14(9-16(19)27-6)10-17-20(26)24(13(4)5)21(30-17)23-12(2)3/h8-10,12-13H,7,11H2,1-6H3/b17-10+,23-21?. The third-order valence-corrected chi connectivity index (χ3v) is 5.19. The van der Waals surface area contributed by atoms with Gasteiger partial charge in [0.05, 0.1) is 23.6 Å². The van der Waals surface area contributed by atoms with Crippen LogP contribution >= 0.6 is 23.4 Å². The molecule has 0 bridgehead atoms. The number of methoxy groups -OCH3 is 1. The van der Waals surface area contributed by atoms with Gasteiger partial charge >= 0.3 is 5.97 Å². The Hall–Kier alpha value is -2.19. The summed E-state index contributed by atoms with van der Waals surface area (Å²) in [4.78, 5) is 31.3. The van der Waals surface area contributed by atoms with Crippen molar-refractivity contribution in [3.8, 4) is 11.5 Å². The minimum Gasteiger partial charge on any atom is -0.493 e. The molecular formula is C21H27ClN2O5S. The lowest BCUT2D eigenvalue weighted by atomic mass is 10.1. The number of rotatable bonds is 8. The molecule has 30 heavy (non-hydrogen) atoms. The zero-order chi connectivity index (χ0) is 22.4. The Morgan fingerprint density at radius 1 is 1.30 bits per heavy atom. The van der Waals surface area contributed by atoms with Crippen LogP contribution in [-0.4, -0.2) is 54.4 Å². The topological polar surface area (TPSA) is 77.4 Å². The van der Waals surface area contributed by atoms with E-state index in [1.165, 1.54) is 18.9 Å². The summed E-state index contributed by atoms with van der Waals surface area (Å²) >= 11 is 7.69. The minimum atomic E-state index is -0.500. The molecule has 0 radical (unpaired) electrons. The number of carbonyl (C=O) groups excluding carboxylic acids is 2. The van der Waals surface area contributed by atoms with Crippen LogP contribution in [-0.2, 0) is 14.3 Å². The van der Waals surface area contributed by atoms with Crippen LogP contribution in [0.5, 0.6) is 11.5 Å². The zero-order valence-corrected chi connectivity index (χ0v) is 19.6. The average Bonchev–Trinajstić information content (AvgIpc) is 2.94. The van der Waals surface area contributed by atoms with Gasteiger partial charge in [0.2, 0.25) is 0 Å². The van der Waals surface area contributed by atoms with Crippen molar-refractivity contribution < 1.29 is 23.8 Å². The Morgan fingerprint density at radius 2 is 2.00 bits per heavy atom. The number of aliphatic imine (C=N–C) groups is 1. The lowest BCUT2D eigenvalue weighted by molar-refractivity contribution is -0.145. The summed E-state index contributed by atoms with van der Waals surface area (Å²) in [6, 6.07) is 3.42. The molecule has 1 aliphatic heterocycles. The largest absolute Gasteiger partial charge is 0.493 e.